The van der Waals surface area contributed by atoms with E-state index in [0.29, 0.717) is 23.9 Å². The predicted molar refractivity (Wildman–Crippen MR) is 155 cm³/mol. The van der Waals surface area contributed by atoms with Crippen molar-refractivity contribution in [3.8, 4) is 0 Å². The SMILES string of the molecule is CCC[CH2][Sn]([CH2]CCC)([CH2]CCC)[CH2]C1CN(S(=O)(=O)c2ccc(C)cc2)C/C1=C\[Si](C)(C)C. The number of benzene rings is 1. The zero-order valence-electron chi connectivity index (χ0n) is 23.1. The van der Waals surface area contributed by atoms with Crippen LogP contribution < -0.4 is 0 Å². The van der Waals surface area contributed by atoms with E-state index < -0.39 is 36.5 Å². The Morgan fingerprint density at radius 1 is 0.941 bits per heavy atom. The summed E-state index contributed by atoms with van der Waals surface area (Å²) in [6.45, 7) is 17.4. The van der Waals surface area contributed by atoms with Gasteiger partial charge in [-0.25, -0.2) is 0 Å². The second-order valence-corrected chi connectivity index (χ2v) is 32.9. The average molecular weight is 613 g/mol. The molecule has 1 fully saturated rings. The van der Waals surface area contributed by atoms with Crippen molar-refractivity contribution in [2.24, 2.45) is 5.92 Å². The summed E-state index contributed by atoms with van der Waals surface area (Å²) in [6, 6.07) is 7.41. The first-order chi connectivity index (χ1) is 16.0. The molecule has 0 N–H and O–H groups in total. The van der Waals surface area contributed by atoms with Crippen molar-refractivity contribution < 1.29 is 8.42 Å². The molecule has 34 heavy (non-hydrogen) atoms. The van der Waals surface area contributed by atoms with E-state index in [0.717, 1.165) is 5.56 Å². The van der Waals surface area contributed by atoms with Crippen molar-refractivity contribution in [2.75, 3.05) is 13.1 Å². The molecule has 1 heterocycles. The van der Waals surface area contributed by atoms with Crippen LogP contribution in [0.2, 0.25) is 37.4 Å². The molecule has 1 saturated heterocycles. The van der Waals surface area contributed by atoms with Crippen LogP contribution in [-0.2, 0) is 10.0 Å². The fourth-order valence-electron chi connectivity index (χ4n) is 5.58. The van der Waals surface area contributed by atoms with Crippen LogP contribution in [0.5, 0.6) is 0 Å². The van der Waals surface area contributed by atoms with Crippen LogP contribution in [0.15, 0.2) is 40.4 Å². The number of nitrogens with zero attached hydrogens (tertiary/aromatic N) is 1. The summed E-state index contributed by atoms with van der Waals surface area (Å²) in [6.07, 6.45) is 7.96. The minimum atomic E-state index is -3.45. The molecule has 1 aliphatic rings. The molecule has 0 bridgehead atoms. The van der Waals surface area contributed by atoms with Crippen molar-refractivity contribution >= 4 is 36.5 Å². The van der Waals surface area contributed by atoms with Crippen LogP contribution in [-0.4, -0.2) is 52.3 Å². The normalized spacial score (nSPS) is 19.3. The molecule has 6 heteroatoms. The van der Waals surface area contributed by atoms with Crippen molar-refractivity contribution in [3.05, 3.63) is 41.1 Å². The predicted octanol–water partition coefficient (Wildman–Crippen LogP) is 8.27. The van der Waals surface area contributed by atoms with Gasteiger partial charge in [-0.05, 0) is 0 Å². The quantitative estimate of drug-likeness (QED) is 0.199. The van der Waals surface area contributed by atoms with Crippen molar-refractivity contribution in [1.29, 1.82) is 0 Å². The van der Waals surface area contributed by atoms with Gasteiger partial charge in [-0.2, -0.15) is 0 Å². The number of sulfonamides is 1. The first kappa shape index (κ1) is 30.1. The topological polar surface area (TPSA) is 37.4 Å². The maximum absolute atomic E-state index is 13.6. The van der Waals surface area contributed by atoms with Gasteiger partial charge in [0.15, 0.2) is 0 Å². The van der Waals surface area contributed by atoms with Gasteiger partial charge in [0.2, 0.25) is 0 Å². The van der Waals surface area contributed by atoms with Gasteiger partial charge in [-0.3, -0.25) is 0 Å². The van der Waals surface area contributed by atoms with E-state index in [-0.39, 0.29) is 0 Å². The molecule has 0 spiro atoms. The van der Waals surface area contributed by atoms with Crippen LogP contribution in [0.1, 0.15) is 64.9 Å². The number of unbranched alkanes of at least 4 members (excludes halogenated alkanes) is 3. The van der Waals surface area contributed by atoms with Crippen LogP contribution in [0.3, 0.4) is 0 Å². The van der Waals surface area contributed by atoms with Gasteiger partial charge in [-0.15, -0.1) is 0 Å². The van der Waals surface area contributed by atoms with Crippen molar-refractivity contribution in [2.45, 2.75) is 109 Å². The Morgan fingerprint density at radius 2 is 1.44 bits per heavy atom. The zero-order chi connectivity index (χ0) is 25.4. The van der Waals surface area contributed by atoms with E-state index in [1.807, 2.05) is 23.4 Å². The second-order valence-electron chi connectivity index (χ2n) is 11.9. The average Bonchev–Trinajstić information content (AvgIpc) is 3.16. The Labute approximate surface area is 216 Å². The van der Waals surface area contributed by atoms with Crippen molar-refractivity contribution in [3.63, 3.8) is 0 Å². The zero-order valence-corrected chi connectivity index (χ0v) is 27.8. The molecule has 1 aromatic carbocycles. The first-order valence-corrected chi connectivity index (χ1v) is 26.8. The molecule has 2 rings (SSSR count). The van der Waals surface area contributed by atoms with E-state index in [4.69, 9.17) is 0 Å². The van der Waals surface area contributed by atoms with Gasteiger partial charge < -0.3 is 0 Å². The van der Waals surface area contributed by atoms with Gasteiger partial charge in [-0.1, -0.05) is 0 Å². The molecule has 1 aromatic rings. The molecule has 0 radical (unpaired) electrons. The van der Waals surface area contributed by atoms with Gasteiger partial charge >= 0.3 is 218 Å². The molecule has 0 aliphatic carbocycles. The van der Waals surface area contributed by atoms with Gasteiger partial charge in [0.25, 0.3) is 0 Å². The number of aryl methyl sites for hydroxylation is 1. The monoisotopic (exact) mass is 613 g/mol. The Balaban J connectivity index is 2.41. The summed E-state index contributed by atoms with van der Waals surface area (Å²) in [7, 11) is -4.90. The molecular weight excluding hydrogens is 561 g/mol. The number of rotatable bonds is 14. The summed E-state index contributed by atoms with van der Waals surface area (Å²) >= 11 is -2.39. The van der Waals surface area contributed by atoms with E-state index in [1.165, 1.54) is 61.8 Å². The standard InChI is InChI=1S/C16H24NO2SSi.3C4H9.Sn/c1-13-6-8-16(9-7-13)20(18,19)17-10-14(2)15(11-17)12-21(3,4)5;3*1-3-4-2;/h6-9,12,14H,2,10-11H2,1,3-5H3;3*1,3-4H2,2H3;/b15-12+;;;;. The molecule has 1 aliphatic heterocycles. The molecule has 1 atom stereocenters. The van der Waals surface area contributed by atoms with E-state index in [1.54, 1.807) is 12.1 Å². The van der Waals surface area contributed by atoms with Crippen LogP contribution >= 0.6 is 0 Å². The third-order valence-electron chi connectivity index (χ3n) is 7.45. The molecule has 0 saturated carbocycles. The third kappa shape index (κ3) is 8.77. The Morgan fingerprint density at radius 3 is 1.88 bits per heavy atom. The molecule has 194 valence electrons. The molecular formula is C28H51NO2SSiSn. The molecule has 0 aromatic heterocycles. The third-order valence-corrected chi connectivity index (χ3v) is 26.5. The molecule has 1 unspecified atom stereocenters. The summed E-state index contributed by atoms with van der Waals surface area (Å²) < 4.78 is 34.9. The minimum absolute atomic E-state index is 0.438. The number of hydrogen-bond acceptors (Lipinski definition) is 2. The van der Waals surface area contributed by atoms with Gasteiger partial charge in [0.1, 0.15) is 0 Å². The van der Waals surface area contributed by atoms with E-state index in [9.17, 15) is 8.42 Å². The fraction of sp³-hybridized carbons (Fsp3) is 0.714. The summed E-state index contributed by atoms with van der Waals surface area (Å²) in [5.41, 5.74) is 5.08. The molecule has 3 nitrogen and oxygen atoms in total. The summed E-state index contributed by atoms with van der Waals surface area (Å²) in [5, 5.41) is 0. The van der Waals surface area contributed by atoms with Gasteiger partial charge in [0, 0.05) is 0 Å². The van der Waals surface area contributed by atoms with Crippen molar-refractivity contribution in [1.82, 2.24) is 4.31 Å². The second kappa shape index (κ2) is 13.4. The molecule has 0 amide bonds. The van der Waals surface area contributed by atoms with E-state index in [2.05, 4.69) is 46.1 Å². The van der Waals surface area contributed by atoms with Crippen LogP contribution in [0, 0.1) is 12.8 Å². The van der Waals surface area contributed by atoms with Gasteiger partial charge in [0.05, 0.1) is 0 Å². The van der Waals surface area contributed by atoms with Crippen LogP contribution in [0.25, 0.3) is 0 Å². The maximum atomic E-state index is 13.6. The Bertz CT molecular complexity index is 868. The van der Waals surface area contributed by atoms with Crippen LogP contribution in [0.4, 0.5) is 0 Å². The summed E-state index contributed by atoms with van der Waals surface area (Å²) in [4.78, 5) is 0.448. The fourth-order valence-corrected chi connectivity index (χ4v) is 25.9. The first-order valence-electron chi connectivity index (χ1n) is 13.7. The number of hydrogen-bond donors (Lipinski definition) is 0. The Kier molecular flexibility index (Phi) is 11.9. The summed E-state index contributed by atoms with van der Waals surface area (Å²) in [5.74, 6) is 0.438. The Hall–Kier alpha value is -0.114. The van der Waals surface area contributed by atoms with E-state index >= 15 is 0 Å².